The maximum Gasteiger partial charge on any atom is 0.242 e. The lowest BCUT2D eigenvalue weighted by Crippen LogP contribution is -2.31. The second-order valence-corrected chi connectivity index (χ2v) is 8.60. The first-order valence-corrected chi connectivity index (χ1v) is 10.9. The van der Waals surface area contributed by atoms with Crippen LogP contribution in [0.1, 0.15) is 17.5 Å². The van der Waals surface area contributed by atoms with E-state index in [1.54, 1.807) is 17.8 Å². The van der Waals surface area contributed by atoms with Crippen molar-refractivity contribution in [3.8, 4) is 0 Å². The summed E-state index contributed by atoms with van der Waals surface area (Å²) in [6.07, 6.45) is 2.87. The highest BCUT2D eigenvalue weighted by Gasteiger charge is 2.13. The first-order chi connectivity index (χ1) is 12.5. The largest absolute Gasteiger partial charge is 0.355 e. The molecule has 1 heterocycles. The number of amides is 1. The van der Waals surface area contributed by atoms with E-state index >= 15 is 0 Å². The van der Waals surface area contributed by atoms with Gasteiger partial charge in [0.1, 0.15) is 4.90 Å². The second kappa shape index (κ2) is 10.3. The molecule has 8 heteroatoms. The van der Waals surface area contributed by atoms with Gasteiger partial charge in [0.25, 0.3) is 0 Å². The van der Waals surface area contributed by atoms with Gasteiger partial charge >= 0.3 is 0 Å². The molecular formula is C18H23N3O3S2. The molecule has 6 nitrogen and oxygen atoms in total. The zero-order valence-electron chi connectivity index (χ0n) is 14.6. The summed E-state index contributed by atoms with van der Waals surface area (Å²) in [5.41, 5.74) is 2.50. The molecule has 0 atom stereocenters. The number of nitrogens with zero attached hydrogens (tertiary/aromatic N) is 1. The van der Waals surface area contributed by atoms with Crippen LogP contribution in [0.15, 0.2) is 53.7 Å². The van der Waals surface area contributed by atoms with Gasteiger partial charge in [-0.25, -0.2) is 13.1 Å². The predicted octanol–water partition coefficient (Wildman–Crippen LogP) is 2.11. The summed E-state index contributed by atoms with van der Waals surface area (Å²) in [4.78, 5) is 15.6. The number of hydrogen-bond donors (Lipinski definition) is 2. The van der Waals surface area contributed by atoms with Crippen molar-refractivity contribution in [2.45, 2.75) is 24.0 Å². The Morgan fingerprint density at radius 3 is 2.62 bits per heavy atom. The lowest BCUT2D eigenvalue weighted by molar-refractivity contribution is -0.120. The average Bonchev–Trinajstić information content (AvgIpc) is 2.63. The Morgan fingerprint density at radius 2 is 1.92 bits per heavy atom. The van der Waals surface area contributed by atoms with Crippen LogP contribution < -0.4 is 10.0 Å². The fourth-order valence-electron chi connectivity index (χ4n) is 2.11. The maximum absolute atomic E-state index is 12.0. The van der Waals surface area contributed by atoms with Crippen LogP contribution in [0.25, 0.3) is 0 Å². The Labute approximate surface area is 158 Å². The van der Waals surface area contributed by atoms with E-state index in [-0.39, 0.29) is 23.8 Å². The minimum Gasteiger partial charge on any atom is -0.355 e. The quantitative estimate of drug-likeness (QED) is 0.604. The molecule has 0 aliphatic heterocycles. The van der Waals surface area contributed by atoms with Gasteiger partial charge in [-0.2, -0.15) is 11.8 Å². The lowest BCUT2D eigenvalue weighted by Gasteiger charge is -2.07. The molecule has 1 amide bonds. The van der Waals surface area contributed by atoms with Crippen LogP contribution in [0, 0.1) is 6.92 Å². The molecule has 2 N–H and O–H groups in total. The Kier molecular flexibility index (Phi) is 8.08. The smallest absolute Gasteiger partial charge is 0.242 e. The number of sulfonamides is 1. The normalized spacial score (nSPS) is 11.3. The van der Waals surface area contributed by atoms with Crippen LogP contribution in [0.3, 0.4) is 0 Å². The first kappa shape index (κ1) is 20.4. The summed E-state index contributed by atoms with van der Waals surface area (Å²) in [7, 11) is -3.62. The van der Waals surface area contributed by atoms with E-state index in [2.05, 4.69) is 46.2 Å². The van der Waals surface area contributed by atoms with Crippen LogP contribution in [-0.2, 0) is 20.6 Å². The van der Waals surface area contributed by atoms with Crippen molar-refractivity contribution < 1.29 is 13.2 Å². The van der Waals surface area contributed by atoms with Gasteiger partial charge in [0.15, 0.2) is 0 Å². The number of aryl methyl sites for hydroxylation is 1. The summed E-state index contributed by atoms with van der Waals surface area (Å²) >= 11 is 1.75. The number of thioether (sulfide) groups is 1. The molecule has 1 aromatic heterocycles. The number of carbonyl (C=O) groups is 1. The van der Waals surface area contributed by atoms with E-state index in [0.717, 1.165) is 11.5 Å². The molecule has 0 aliphatic carbocycles. The number of aromatic nitrogens is 1. The van der Waals surface area contributed by atoms with E-state index in [1.807, 2.05) is 0 Å². The van der Waals surface area contributed by atoms with Gasteiger partial charge in [0.2, 0.25) is 15.9 Å². The third kappa shape index (κ3) is 7.15. The second-order valence-electron chi connectivity index (χ2n) is 5.72. The van der Waals surface area contributed by atoms with Gasteiger partial charge < -0.3 is 5.32 Å². The van der Waals surface area contributed by atoms with Gasteiger partial charge in [-0.1, -0.05) is 29.8 Å². The monoisotopic (exact) mass is 393 g/mol. The molecule has 1 aromatic carbocycles. The third-order valence-electron chi connectivity index (χ3n) is 3.55. The lowest BCUT2D eigenvalue weighted by atomic mass is 10.2. The summed E-state index contributed by atoms with van der Waals surface area (Å²) in [6.45, 7) is 2.67. The van der Waals surface area contributed by atoms with Crippen LogP contribution in [0.5, 0.6) is 0 Å². The predicted molar refractivity (Wildman–Crippen MR) is 104 cm³/mol. The topological polar surface area (TPSA) is 88.2 Å². The van der Waals surface area contributed by atoms with Crippen molar-refractivity contribution in [1.29, 1.82) is 0 Å². The molecule has 26 heavy (non-hydrogen) atoms. The molecule has 0 saturated carbocycles. The molecule has 0 spiro atoms. The number of pyridine rings is 1. The summed E-state index contributed by atoms with van der Waals surface area (Å²) in [5, 5.41) is 2.80. The number of benzene rings is 1. The van der Waals surface area contributed by atoms with E-state index in [0.29, 0.717) is 6.54 Å². The Bertz CT molecular complexity index is 794. The van der Waals surface area contributed by atoms with Crippen molar-refractivity contribution in [3.63, 3.8) is 0 Å². The van der Waals surface area contributed by atoms with Crippen molar-refractivity contribution in [2.75, 3.05) is 18.8 Å². The standard InChI is InChI=1S/C18H23N3O3S2/c1-15-4-6-16(7-5-15)14-25-12-11-20-18(22)8-10-21-26(23,24)17-3-2-9-19-13-17/h2-7,9,13,21H,8,10-12,14H2,1H3,(H,20,22). The highest BCUT2D eigenvalue weighted by Crippen LogP contribution is 2.12. The first-order valence-electron chi connectivity index (χ1n) is 8.27. The van der Waals surface area contributed by atoms with Crippen molar-refractivity contribution in [3.05, 3.63) is 59.9 Å². The van der Waals surface area contributed by atoms with Crippen molar-refractivity contribution >= 4 is 27.7 Å². The summed E-state index contributed by atoms with van der Waals surface area (Å²) in [5.74, 6) is 1.54. The Balaban J connectivity index is 1.58. The van der Waals surface area contributed by atoms with Gasteiger partial charge in [-0.15, -0.1) is 0 Å². The van der Waals surface area contributed by atoms with Gasteiger partial charge in [-0.3, -0.25) is 9.78 Å². The van der Waals surface area contributed by atoms with E-state index < -0.39 is 10.0 Å². The van der Waals surface area contributed by atoms with Gasteiger partial charge in [-0.05, 0) is 24.6 Å². The number of carbonyl (C=O) groups excluding carboxylic acids is 1. The molecular weight excluding hydrogens is 370 g/mol. The SMILES string of the molecule is Cc1ccc(CSCCNC(=O)CCNS(=O)(=O)c2cccnc2)cc1. The van der Waals surface area contributed by atoms with Crippen LogP contribution in [-0.4, -0.2) is 38.2 Å². The molecule has 0 bridgehead atoms. The average molecular weight is 394 g/mol. The summed E-state index contributed by atoms with van der Waals surface area (Å²) in [6, 6.07) is 11.4. The summed E-state index contributed by atoms with van der Waals surface area (Å²) < 4.78 is 26.4. The fraction of sp³-hybridized carbons (Fsp3) is 0.333. The molecule has 0 fully saturated rings. The zero-order chi connectivity index (χ0) is 18.8. The van der Waals surface area contributed by atoms with Crippen molar-refractivity contribution in [1.82, 2.24) is 15.0 Å². The van der Waals surface area contributed by atoms with Gasteiger partial charge in [0.05, 0.1) is 0 Å². The number of rotatable bonds is 10. The van der Waals surface area contributed by atoms with Crippen LogP contribution in [0.4, 0.5) is 0 Å². The minimum atomic E-state index is -3.62. The van der Waals surface area contributed by atoms with Crippen molar-refractivity contribution in [2.24, 2.45) is 0 Å². The molecule has 0 saturated heterocycles. The maximum atomic E-state index is 12.0. The van der Waals surface area contributed by atoms with E-state index in [4.69, 9.17) is 0 Å². The molecule has 0 aliphatic rings. The molecule has 2 rings (SSSR count). The zero-order valence-corrected chi connectivity index (χ0v) is 16.3. The fourth-order valence-corrected chi connectivity index (χ4v) is 3.93. The molecule has 2 aromatic rings. The van der Waals surface area contributed by atoms with Crippen LogP contribution in [0.2, 0.25) is 0 Å². The number of hydrogen-bond acceptors (Lipinski definition) is 5. The number of nitrogens with one attached hydrogen (secondary N) is 2. The molecule has 140 valence electrons. The Morgan fingerprint density at radius 1 is 1.15 bits per heavy atom. The minimum absolute atomic E-state index is 0.0551. The van der Waals surface area contributed by atoms with E-state index in [1.165, 1.54) is 29.6 Å². The van der Waals surface area contributed by atoms with Gasteiger partial charge in [0, 0.05) is 43.4 Å². The molecule has 0 radical (unpaired) electrons. The Hall–Kier alpha value is -1.90. The molecule has 0 unspecified atom stereocenters. The highest BCUT2D eigenvalue weighted by atomic mass is 32.2. The van der Waals surface area contributed by atoms with Crippen LogP contribution >= 0.6 is 11.8 Å². The van der Waals surface area contributed by atoms with E-state index in [9.17, 15) is 13.2 Å². The highest BCUT2D eigenvalue weighted by molar-refractivity contribution is 7.98. The third-order valence-corrected chi connectivity index (χ3v) is 6.02.